The molecule has 0 atom stereocenters. The van der Waals surface area contributed by atoms with Crippen molar-refractivity contribution in [3.63, 3.8) is 0 Å². The van der Waals surface area contributed by atoms with Crippen LogP contribution in [0.15, 0.2) is 5.38 Å². The quantitative estimate of drug-likeness (QED) is 0.685. The molecular formula is C8H9NO2S. The van der Waals surface area contributed by atoms with E-state index in [4.69, 9.17) is 5.11 Å². The fraction of sp³-hybridized carbons (Fsp3) is 0.375. The number of nitrogens with one attached hydrogen (secondary N) is 1. The zero-order valence-corrected chi connectivity index (χ0v) is 7.28. The molecule has 0 spiro atoms. The van der Waals surface area contributed by atoms with Crippen molar-refractivity contribution >= 4 is 17.3 Å². The second-order valence-electron chi connectivity index (χ2n) is 2.78. The summed E-state index contributed by atoms with van der Waals surface area (Å²) in [6, 6.07) is 0. The van der Waals surface area contributed by atoms with Crippen molar-refractivity contribution in [3.05, 3.63) is 21.4 Å². The number of aromatic carboxylic acids is 1. The van der Waals surface area contributed by atoms with Crippen LogP contribution in [0.1, 0.15) is 20.8 Å². The maximum Gasteiger partial charge on any atom is 0.336 e. The van der Waals surface area contributed by atoms with Crippen molar-refractivity contribution in [3.8, 4) is 0 Å². The van der Waals surface area contributed by atoms with E-state index in [0.29, 0.717) is 12.1 Å². The van der Waals surface area contributed by atoms with Gasteiger partial charge in [0.2, 0.25) is 0 Å². The molecule has 1 aliphatic heterocycles. The van der Waals surface area contributed by atoms with Crippen LogP contribution >= 0.6 is 11.3 Å². The predicted octanol–water partition coefficient (Wildman–Crippen LogP) is 1.09. The first-order chi connectivity index (χ1) is 5.79. The smallest absolute Gasteiger partial charge is 0.336 e. The van der Waals surface area contributed by atoms with E-state index in [1.807, 2.05) is 0 Å². The molecule has 1 aromatic heterocycles. The van der Waals surface area contributed by atoms with Gasteiger partial charge in [0.25, 0.3) is 0 Å². The van der Waals surface area contributed by atoms with E-state index in [9.17, 15) is 4.79 Å². The summed E-state index contributed by atoms with van der Waals surface area (Å²) in [6.45, 7) is 1.67. The summed E-state index contributed by atoms with van der Waals surface area (Å²) in [5, 5.41) is 13.7. The first-order valence-electron chi connectivity index (χ1n) is 3.82. The van der Waals surface area contributed by atoms with Crippen LogP contribution in [-0.4, -0.2) is 17.6 Å². The summed E-state index contributed by atoms with van der Waals surface area (Å²) in [5.74, 6) is -0.809. The predicted molar refractivity (Wildman–Crippen MR) is 46.7 cm³/mol. The van der Waals surface area contributed by atoms with Gasteiger partial charge in [-0.3, -0.25) is 0 Å². The van der Waals surface area contributed by atoms with Crippen LogP contribution in [0.4, 0.5) is 0 Å². The van der Waals surface area contributed by atoms with Gasteiger partial charge >= 0.3 is 5.97 Å². The second kappa shape index (κ2) is 2.88. The lowest BCUT2D eigenvalue weighted by atomic mass is 10.1. The van der Waals surface area contributed by atoms with Gasteiger partial charge in [-0.25, -0.2) is 4.79 Å². The van der Waals surface area contributed by atoms with E-state index >= 15 is 0 Å². The van der Waals surface area contributed by atoms with Crippen LogP contribution in [0.2, 0.25) is 0 Å². The first kappa shape index (κ1) is 7.76. The molecule has 3 nitrogen and oxygen atoms in total. The fourth-order valence-corrected chi connectivity index (χ4v) is 2.47. The highest BCUT2D eigenvalue weighted by atomic mass is 32.1. The normalized spacial score (nSPS) is 15.7. The van der Waals surface area contributed by atoms with Gasteiger partial charge in [-0.05, 0) is 12.0 Å². The number of carbonyl (C=O) groups is 1. The topological polar surface area (TPSA) is 49.3 Å². The Bertz CT molecular complexity index is 319. The summed E-state index contributed by atoms with van der Waals surface area (Å²) >= 11 is 1.56. The lowest BCUT2D eigenvalue weighted by molar-refractivity contribution is 0.0696. The van der Waals surface area contributed by atoms with Gasteiger partial charge in [0.05, 0.1) is 5.56 Å². The fourth-order valence-electron chi connectivity index (χ4n) is 1.42. The molecule has 0 fully saturated rings. The Labute approximate surface area is 74.0 Å². The molecule has 64 valence electrons. The molecule has 0 saturated heterocycles. The van der Waals surface area contributed by atoms with Crippen LogP contribution in [-0.2, 0) is 13.0 Å². The lowest BCUT2D eigenvalue weighted by Gasteiger charge is -2.12. The maximum absolute atomic E-state index is 10.7. The highest BCUT2D eigenvalue weighted by Gasteiger charge is 2.18. The zero-order chi connectivity index (χ0) is 8.55. The van der Waals surface area contributed by atoms with Crippen LogP contribution in [0.3, 0.4) is 0 Å². The van der Waals surface area contributed by atoms with E-state index in [0.717, 1.165) is 18.5 Å². The molecule has 4 heteroatoms. The molecule has 0 amide bonds. The summed E-state index contributed by atoms with van der Waals surface area (Å²) < 4.78 is 0. The van der Waals surface area contributed by atoms with Gasteiger partial charge in [0.1, 0.15) is 0 Å². The standard InChI is InChI=1S/C8H9NO2S/c10-8(11)6-4-12-7-1-2-9-3-5(6)7/h4,9H,1-3H2,(H,10,11). The summed E-state index contributed by atoms with van der Waals surface area (Å²) in [7, 11) is 0. The zero-order valence-electron chi connectivity index (χ0n) is 6.46. The minimum absolute atomic E-state index is 0.474. The third-order valence-corrected chi connectivity index (χ3v) is 3.13. The molecule has 12 heavy (non-hydrogen) atoms. The average Bonchev–Trinajstić information content (AvgIpc) is 2.47. The van der Waals surface area contributed by atoms with Gasteiger partial charge in [-0.15, -0.1) is 11.3 Å². The lowest BCUT2D eigenvalue weighted by Crippen LogP contribution is -2.23. The minimum Gasteiger partial charge on any atom is -0.478 e. The second-order valence-corrected chi connectivity index (χ2v) is 3.75. The Kier molecular flexibility index (Phi) is 1.86. The third-order valence-electron chi connectivity index (χ3n) is 2.04. The molecule has 0 saturated carbocycles. The Morgan fingerprint density at radius 2 is 2.50 bits per heavy atom. The van der Waals surface area contributed by atoms with E-state index in [1.54, 1.807) is 16.7 Å². The summed E-state index contributed by atoms with van der Waals surface area (Å²) in [6.07, 6.45) is 0.966. The van der Waals surface area contributed by atoms with E-state index in [1.165, 1.54) is 4.88 Å². The van der Waals surface area contributed by atoms with Crippen LogP contribution in [0.5, 0.6) is 0 Å². The Morgan fingerprint density at radius 1 is 1.67 bits per heavy atom. The largest absolute Gasteiger partial charge is 0.478 e. The van der Waals surface area contributed by atoms with E-state index < -0.39 is 5.97 Å². The van der Waals surface area contributed by atoms with Crippen LogP contribution in [0, 0.1) is 0 Å². The molecule has 0 aliphatic carbocycles. The van der Waals surface area contributed by atoms with Crippen molar-refractivity contribution in [2.45, 2.75) is 13.0 Å². The van der Waals surface area contributed by atoms with Crippen molar-refractivity contribution in [1.82, 2.24) is 5.32 Å². The summed E-state index contributed by atoms with van der Waals surface area (Å²) in [4.78, 5) is 11.9. The van der Waals surface area contributed by atoms with E-state index in [-0.39, 0.29) is 0 Å². The van der Waals surface area contributed by atoms with Gasteiger partial charge in [0, 0.05) is 23.3 Å². The average molecular weight is 183 g/mol. The minimum atomic E-state index is -0.809. The van der Waals surface area contributed by atoms with Crippen molar-refractivity contribution < 1.29 is 9.90 Å². The number of carboxylic acids is 1. The SMILES string of the molecule is O=C(O)c1csc2c1CNCC2. The Balaban J connectivity index is 2.44. The molecule has 0 radical (unpaired) electrons. The number of rotatable bonds is 1. The van der Waals surface area contributed by atoms with Crippen LogP contribution < -0.4 is 5.32 Å². The molecule has 1 aromatic rings. The van der Waals surface area contributed by atoms with Gasteiger partial charge in [-0.1, -0.05) is 0 Å². The molecule has 0 aromatic carbocycles. The number of hydrogen-bond donors (Lipinski definition) is 2. The molecule has 2 N–H and O–H groups in total. The molecular weight excluding hydrogens is 174 g/mol. The first-order valence-corrected chi connectivity index (χ1v) is 4.70. The molecule has 2 rings (SSSR count). The highest BCUT2D eigenvalue weighted by molar-refractivity contribution is 7.10. The number of fused-ring (bicyclic) bond motifs is 1. The van der Waals surface area contributed by atoms with Crippen LogP contribution in [0.25, 0.3) is 0 Å². The monoisotopic (exact) mass is 183 g/mol. The van der Waals surface area contributed by atoms with E-state index in [2.05, 4.69) is 5.32 Å². The Morgan fingerprint density at radius 3 is 3.25 bits per heavy atom. The molecule has 1 aliphatic rings. The third kappa shape index (κ3) is 1.13. The van der Waals surface area contributed by atoms with Gasteiger partial charge < -0.3 is 10.4 Å². The molecule has 2 heterocycles. The number of thiophene rings is 1. The number of hydrogen-bond acceptors (Lipinski definition) is 3. The Hall–Kier alpha value is -0.870. The van der Waals surface area contributed by atoms with Gasteiger partial charge in [0.15, 0.2) is 0 Å². The van der Waals surface area contributed by atoms with Gasteiger partial charge in [-0.2, -0.15) is 0 Å². The highest BCUT2D eigenvalue weighted by Crippen LogP contribution is 2.25. The van der Waals surface area contributed by atoms with Crippen molar-refractivity contribution in [2.24, 2.45) is 0 Å². The van der Waals surface area contributed by atoms with Crippen molar-refractivity contribution in [2.75, 3.05) is 6.54 Å². The molecule has 0 bridgehead atoms. The van der Waals surface area contributed by atoms with Crippen molar-refractivity contribution in [1.29, 1.82) is 0 Å². The maximum atomic E-state index is 10.7. The summed E-state index contributed by atoms with van der Waals surface area (Å²) in [5.41, 5.74) is 1.46. The molecule has 0 unspecified atom stereocenters. The number of carboxylic acid groups (broad SMARTS) is 1.